The second-order valence-electron chi connectivity index (χ2n) is 12.3. The highest BCUT2D eigenvalue weighted by atomic mass is 19.1. The van der Waals surface area contributed by atoms with Crippen LogP contribution in [0.3, 0.4) is 0 Å². The van der Waals surface area contributed by atoms with Gasteiger partial charge in [0.25, 0.3) is 0 Å². The van der Waals surface area contributed by atoms with E-state index in [1.54, 1.807) is 6.07 Å². The van der Waals surface area contributed by atoms with Gasteiger partial charge in [-0.2, -0.15) is 0 Å². The third-order valence-corrected chi connectivity index (χ3v) is 9.51. The van der Waals surface area contributed by atoms with E-state index in [4.69, 9.17) is 0 Å². The van der Waals surface area contributed by atoms with E-state index in [1.165, 1.54) is 11.3 Å². The molecule has 1 unspecified atom stereocenters. The lowest BCUT2D eigenvalue weighted by Crippen LogP contribution is -2.63. The normalized spacial score (nSPS) is 21.5. The van der Waals surface area contributed by atoms with Gasteiger partial charge < -0.3 is 20.4 Å². The SMILES string of the molecule is O=C1CCC(c2ccc(N3CC(N4CCN(CCc5ccc(Nc6ncc7c(n6)CNCC7)cc5F)CC4)C3)cc2)C(=O)N1. The number of piperazine rings is 1. The largest absolute Gasteiger partial charge is 0.368 e. The molecular formula is C33H39FN8O2. The van der Waals surface area contributed by atoms with Crippen LogP contribution in [0.25, 0.3) is 0 Å². The highest BCUT2D eigenvalue weighted by molar-refractivity contribution is 6.00. The van der Waals surface area contributed by atoms with Crippen molar-refractivity contribution in [1.82, 2.24) is 30.4 Å². The molecule has 10 nitrogen and oxygen atoms in total. The molecule has 3 aromatic rings. The molecule has 2 amide bonds. The molecule has 7 rings (SSSR count). The topological polar surface area (TPSA) is 106 Å². The summed E-state index contributed by atoms with van der Waals surface area (Å²) in [6.45, 7) is 8.53. The van der Waals surface area contributed by atoms with Gasteiger partial charge in [0.1, 0.15) is 5.82 Å². The maximum atomic E-state index is 15.0. The van der Waals surface area contributed by atoms with Gasteiger partial charge in [0.05, 0.1) is 11.6 Å². The molecule has 0 aliphatic carbocycles. The Hall–Kier alpha value is -3.93. The first kappa shape index (κ1) is 28.8. The van der Waals surface area contributed by atoms with Crippen molar-refractivity contribution in [3.63, 3.8) is 0 Å². The van der Waals surface area contributed by atoms with Crippen molar-refractivity contribution in [1.29, 1.82) is 0 Å². The van der Waals surface area contributed by atoms with Gasteiger partial charge in [-0.25, -0.2) is 14.4 Å². The number of imide groups is 1. The zero-order chi connectivity index (χ0) is 30.0. The highest BCUT2D eigenvalue weighted by Gasteiger charge is 2.34. The second kappa shape index (κ2) is 12.6. The monoisotopic (exact) mass is 598 g/mol. The molecule has 3 fully saturated rings. The van der Waals surface area contributed by atoms with Gasteiger partial charge in [0.2, 0.25) is 17.8 Å². The fraction of sp³-hybridized carbons (Fsp3) is 0.455. The predicted molar refractivity (Wildman–Crippen MR) is 166 cm³/mol. The molecule has 3 N–H and O–H groups in total. The van der Waals surface area contributed by atoms with Crippen LogP contribution in [0.15, 0.2) is 48.7 Å². The first-order valence-corrected chi connectivity index (χ1v) is 15.7. The van der Waals surface area contributed by atoms with E-state index in [9.17, 15) is 14.0 Å². The lowest BCUT2D eigenvalue weighted by Gasteiger charge is -2.49. The summed E-state index contributed by atoms with van der Waals surface area (Å²) in [5, 5.41) is 8.92. The Bertz CT molecular complexity index is 1520. The molecule has 0 spiro atoms. The number of carbonyl (C=O) groups excluding carboxylic acids is 2. The van der Waals surface area contributed by atoms with E-state index < -0.39 is 0 Å². The Morgan fingerprint density at radius 3 is 2.59 bits per heavy atom. The van der Waals surface area contributed by atoms with Crippen LogP contribution in [0.5, 0.6) is 0 Å². The van der Waals surface area contributed by atoms with Crippen molar-refractivity contribution < 1.29 is 14.0 Å². The molecule has 44 heavy (non-hydrogen) atoms. The van der Waals surface area contributed by atoms with Crippen LogP contribution in [0.4, 0.5) is 21.7 Å². The third kappa shape index (κ3) is 6.31. The fourth-order valence-corrected chi connectivity index (χ4v) is 6.71. The summed E-state index contributed by atoms with van der Waals surface area (Å²) in [6.07, 6.45) is 4.44. The second-order valence-corrected chi connectivity index (χ2v) is 12.3. The molecule has 1 aromatic heterocycles. The molecule has 3 saturated heterocycles. The number of carbonyl (C=O) groups is 2. The zero-order valence-corrected chi connectivity index (χ0v) is 24.9. The summed E-state index contributed by atoms with van der Waals surface area (Å²) < 4.78 is 15.0. The van der Waals surface area contributed by atoms with Crippen molar-refractivity contribution in [2.24, 2.45) is 0 Å². The standard InChI is InChI=1S/C33H39FN8O2/c34-29-17-25(37-33-36-18-24-9-11-35-19-30(24)38-33)4-1-23(29)10-12-40-13-15-41(16-14-40)27-20-42(21-27)26-5-2-22(3-6-26)28-7-8-31(43)39-32(28)44/h1-6,17-18,27-28,35H,7-16,19-21H2,(H,36,37,38)(H,39,43,44). The minimum absolute atomic E-state index is 0.182. The van der Waals surface area contributed by atoms with Gasteiger partial charge >= 0.3 is 0 Å². The van der Waals surface area contributed by atoms with Gasteiger partial charge in [-0.05, 0) is 66.8 Å². The van der Waals surface area contributed by atoms with E-state index in [1.807, 2.05) is 30.5 Å². The van der Waals surface area contributed by atoms with E-state index >= 15 is 0 Å². The number of aromatic nitrogens is 2. The molecular weight excluding hydrogens is 559 g/mol. The molecule has 11 heteroatoms. The van der Waals surface area contributed by atoms with Crippen molar-refractivity contribution in [2.75, 3.05) is 62.6 Å². The number of piperidine rings is 1. The van der Waals surface area contributed by atoms with Gasteiger partial charge in [0.15, 0.2) is 0 Å². The Labute approximate surface area is 257 Å². The summed E-state index contributed by atoms with van der Waals surface area (Å²) >= 11 is 0. The van der Waals surface area contributed by atoms with Crippen LogP contribution in [-0.2, 0) is 29.0 Å². The summed E-state index contributed by atoms with van der Waals surface area (Å²) in [5.41, 5.74) is 5.69. The number of anilines is 3. The van der Waals surface area contributed by atoms with E-state index in [0.29, 0.717) is 36.9 Å². The molecule has 2 aromatic carbocycles. The molecule has 0 radical (unpaired) electrons. The quantitative estimate of drug-likeness (QED) is 0.338. The Balaban J connectivity index is 0.841. The number of fused-ring (bicyclic) bond motifs is 1. The van der Waals surface area contributed by atoms with Crippen LogP contribution in [0.1, 0.15) is 41.1 Å². The smallest absolute Gasteiger partial charge is 0.234 e. The minimum atomic E-state index is -0.243. The molecule has 5 heterocycles. The number of hydrogen-bond acceptors (Lipinski definition) is 9. The first-order valence-electron chi connectivity index (χ1n) is 15.7. The minimum Gasteiger partial charge on any atom is -0.368 e. The van der Waals surface area contributed by atoms with Crippen molar-refractivity contribution >= 4 is 29.1 Å². The average Bonchev–Trinajstić information content (AvgIpc) is 3.01. The number of halogens is 1. The maximum absolute atomic E-state index is 15.0. The summed E-state index contributed by atoms with van der Waals surface area (Å²) in [5.74, 6) is -0.323. The number of benzene rings is 2. The first-order chi connectivity index (χ1) is 21.5. The van der Waals surface area contributed by atoms with E-state index in [-0.39, 0.29) is 23.5 Å². The van der Waals surface area contributed by atoms with E-state index in [2.05, 4.69) is 52.8 Å². The van der Waals surface area contributed by atoms with Crippen molar-refractivity contribution in [3.8, 4) is 0 Å². The van der Waals surface area contributed by atoms with Crippen LogP contribution in [-0.4, -0.2) is 90.0 Å². The lowest BCUT2D eigenvalue weighted by atomic mass is 9.90. The van der Waals surface area contributed by atoms with Crippen LogP contribution in [0, 0.1) is 5.82 Å². The molecule has 0 saturated carbocycles. The highest BCUT2D eigenvalue weighted by Crippen LogP contribution is 2.29. The lowest BCUT2D eigenvalue weighted by molar-refractivity contribution is -0.134. The average molecular weight is 599 g/mol. The number of nitrogens with one attached hydrogen (secondary N) is 3. The van der Waals surface area contributed by atoms with Gasteiger partial charge in [-0.15, -0.1) is 0 Å². The molecule has 4 aliphatic heterocycles. The fourth-order valence-electron chi connectivity index (χ4n) is 6.71. The molecule has 1 atom stereocenters. The van der Waals surface area contributed by atoms with Crippen LogP contribution < -0.4 is 20.9 Å². The maximum Gasteiger partial charge on any atom is 0.234 e. The Kier molecular flexibility index (Phi) is 8.24. The van der Waals surface area contributed by atoms with Gasteiger partial charge in [-0.3, -0.25) is 19.8 Å². The number of hydrogen-bond donors (Lipinski definition) is 3. The summed E-state index contributed by atoms with van der Waals surface area (Å²) in [6, 6.07) is 14.1. The summed E-state index contributed by atoms with van der Waals surface area (Å²) in [7, 11) is 0. The number of amides is 2. The molecule has 4 aliphatic rings. The third-order valence-electron chi connectivity index (χ3n) is 9.51. The predicted octanol–water partition coefficient (Wildman–Crippen LogP) is 2.57. The molecule has 230 valence electrons. The number of nitrogens with zero attached hydrogens (tertiary/aromatic N) is 5. The summed E-state index contributed by atoms with van der Waals surface area (Å²) in [4.78, 5) is 40.0. The van der Waals surface area contributed by atoms with Gasteiger partial charge in [0, 0.05) is 82.4 Å². The van der Waals surface area contributed by atoms with Crippen molar-refractivity contribution in [3.05, 3.63) is 76.9 Å². The zero-order valence-electron chi connectivity index (χ0n) is 24.9. The number of rotatable bonds is 8. The Morgan fingerprint density at radius 2 is 1.82 bits per heavy atom. The van der Waals surface area contributed by atoms with Gasteiger partial charge in [-0.1, -0.05) is 18.2 Å². The van der Waals surface area contributed by atoms with Crippen molar-refractivity contribution in [2.45, 2.75) is 44.2 Å². The molecule has 0 bridgehead atoms. The van der Waals surface area contributed by atoms with Crippen LogP contribution in [0.2, 0.25) is 0 Å². The Morgan fingerprint density at radius 1 is 1.00 bits per heavy atom. The van der Waals surface area contributed by atoms with E-state index in [0.717, 1.165) is 82.1 Å². The van der Waals surface area contributed by atoms with Crippen LogP contribution >= 0.6 is 0 Å².